The highest BCUT2D eigenvalue weighted by Gasteiger charge is 2.53. The molecule has 0 aromatic carbocycles. The molecule has 27 heavy (non-hydrogen) atoms. The maximum atomic E-state index is 10.0. The third kappa shape index (κ3) is 5.39. The van der Waals surface area contributed by atoms with Gasteiger partial charge in [0.05, 0.1) is 5.60 Å². The minimum absolute atomic E-state index is 0.479. The van der Waals surface area contributed by atoms with Crippen molar-refractivity contribution in [3.63, 3.8) is 0 Å². The first-order valence-corrected chi connectivity index (χ1v) is 14.5. The predicted octanol–water partition coefficient (Wildman–Crippen LogP) is 7.17. The van der Waals surface area contributed by atoms with Gasteiger partial charge in [-0.25, -0.2) is 0 Å². The first-order chi connectivity index (χ1) is 12.6. The summed E-state index contributed by atoms with van der Waals surface area (Å²) in [5.41, 5.74) is -0.0353. The largest absolute Gasteiger partial charge is 0.414 e. The van der Waals surface area contributed by atoms with E-state index in [1.807, 2.05) is 13.8 Å². The molecule has 0 radical (unpaired) electrons. The molecule has 0 unspecified atom stereocenters. The summed E-state index contributed by atoms with van der Waals surface area (Å²) in [4.78, 5) is 0. The molecule has 0 aromatic heterocycles. The van der Waals surface area contributed by atoms with Crippen LogP contribution in [0.2, 0.25) is 18.1 Å². The van der Waals surface area contributed by atoms with Crippen LogP contribution in [0.5, 0.6) is 0 Å². The number of aliphatic hydroxyl groups is 1. The summed E-state index contributed by atoms with van der Waals surface area (Å²) in [6, 6.07) is 3.82. The van der Waals surface area contributed by atoms with Crippen LogP contribution in [0.4, 0.5) is 0 Å². The van der Waals surface area contributed by atoms with E-state index < -0.39 is 13.9 Å². The SMILES string of the molecule is CC[Si](CC)(CC)O[C@H]1CCC[C@]2(C)[C@@H]([C@H](C)CCCC(C)(C)O)CC[C@@H]12. The van der Waals surface area contributed by atoms with Crippen molar-refractivity contribution in [1.29, 1.82) is 0 Å². The third-order valence-corrected chi connectivity index (χ3v) is 13.3. The zero-order valence-corrected chi connectivity index (χ0v) is 20.4. The maximum absolute atomic E-state index is 10.0. The van der Waals surface area contributed by atoms with Gasteiger partial charge in [0.2, 0.25) is 0 Å². The van der Waals surface area contributed by atoms with Crippen molar-refractivity contribution in [1.82, 2.24) is 0 Å². The van der Waals surface area contributed by atoms with Gasteiger partial charge in [-0.1, -0.05) is 53.9 Å². The summed E-state index contributed by atoms with van der Waals surface area (Å²) in [6.07, 6.45) is 10.7. The summed E-state index contributed by atoms with van der Waals surface area (Å²) >= 11 is 0. The fourth-order valence-corrected chi connectivity index (χ4v) is 9.54. The number of hydrogen-bond donors (Lipinski definition) is 1. The molecule has 1 N–H and O–H groups in total. The lowest BCUT2D eigenvalue weighted by Crippen LogP contribution is -2.48. The molecule has 5 atom stereocenters. The highest BCUT2D eigenvalue weighted by Crippen LogP contribution is 2.59. The molecule has 0 aromatic rings. The van der Waals surface area contributed by atoms with E-state index in [0.29, 0.717) is 11.5 Å². The van der Waals surface area contributed by atoms with Crippen molar-refractivity contribution < 1.29 is 9.53 Å². The summed E-state index contributed by atoms with van der Waals surface area (Å²) in [6.45, 7) is 16.1. The molecule has 2 nitrogen and oxygen atoms in total. The Labute approximate surface area is 171 Å². The van der Waals surface area contributed by atoms with Crippen molar-refractivity contribution in [2.75, 3.05) is 0 Å². The van der Waals surface area contributed by atoms with Gasteiger partial charge >= 0.3 is 0 Å². The smallest absolute Gasteiger partial charge is 0.192 e. The molecule has 2 rings (SSSR count). The molecule has 2 aliphatic carbocycles. The summed E-state index contributed by atoms with van der Waals surface area (Å²) in [7, 11) is -1.52. The van der Waals surface area contributed by atoms with E-state index in [1.165, 1.54) is 56.7 Å². The molecule has 2 saturated carbocycles. The number of fused-ring (bicyclic) bond motifs is 1. The Kier molecular flexibility index (Phi) is 8.07. The van der Waals surface area contributed by atoms with Crippen molar-refractivity contribution in [2.24, 2.45) is 23.2 Å². The Hall–Kier alpha value is 0.137. The predicted molar refractivity (Wildman–Crippen MR) is 120 cm³/mol. The zero-order chi connectivity index (χ0) is 20.3. The molecule has 2 fully saturated rings. The van der Waals surface area contributed by atoms with Gasteiger partial charge in [0.25, 0.3) is 0 Å². The Morgan fingerprint density at radius 1 is 1.11 bits per heavy atom. The van der Waals surface area contributed by atoms with Crippen LogP contribution in [0.3, 0.4) is 0 Å². The van der Waals surface area contributed by atoms with Crippen LogP contribution < -0.4 is 0 Å². The average Bonchev–Trinajstić information content (AvgIpc) is 2.96. The van der Waals surface area contributed by atoms with Crippen molar-refractivity contribution in [3.8, 4) is 0 Å². The van der Waals surface area contributed by atoms with Crippen LogP contribution in [0.1, 0.15) is 99.8 Å². The Bertz CT molecular complexity index is 446. The Morgan fingerprint density at radius 2 is 1.74 bits per heavy atom. The number of hydrogen-bond acceptors (Lipinski definition) is 2. The topological polar surface area (TPSA) is 29.5 Å². The van der Waals surface area contributed by atoms with E-state index in [0.717, 1.165) is 30.6 Å². The standard InChI is InChI=1S/C24H48O2Si/c1-8-27(9-2,10-3)26-22-14-12-18-24(7)20(15-16-21(22)24)19(4)13-11-17-23(5,6)25/h19-22,25H,8-18H2,1-7H3/t19-,20-,21+,22+,24-/m1/s1. The van der Waals surface area contributed by atoms with Crippen molar-refractivity contribution >= 4 is 8.32 Å². The highest BCUT2D eigenvalue weighted by molar-refractivity contribution is 6.73. The van der Waals surface area contributed by atoms with E-state index >= 15 is 0 Å². The molecular formula is C24H48O2Si. The van der Waals surface area contributed by atoms with Crippen LogP contribution in [0.25, 0.3) is 0 Å². The lowest BCUT2D eigenvalue weighted by molar-refractivity contribution is -0.0210. The van der Waals surface area contributed by atoms with E-state index in [4.69, 9.17) is 4.43 Å². The Morgan fingerprint density at radius 3 is 2.30 bits per heavy atom. The molecule has 0 aliphatic heterocycles. The van der Waals surface area contributed by atoms with Gasteiger partial charge in [0.15, 0.2) is 8.32 Å². The normalized spacial score (nSPS) is 33.1. The molecule has 160 valence electrons. The molecular weight excluding hydrogens is 348 g/mol. The van der Waals surface area contributed by atoms with Crippen LogP contribution in [0.15, 0.2) is 0 Å². The lowest BCUT2D eigenvalue weighted by atomic mass is 9.61. The lowest BCUT2D eigenvalue weighted by Gasteiger charge is -2.49. The second kappa shape index (κ2) is 9.30. The molecule has 0 heterocycles. The van der Waals surface area contributed by atoms with Crippen LogP contribution in [0, 0.1) is 23.2 Å². The minimum atomic E-state index is -1.52. The van der Waals surface area contributed by atoms with Crippen LogP contribution in [-0.4, -0.2) is 25.1 Å². The highest BCUT2D eigenvalue weighted by atomic mass is 28.4. The van der Waals surface area contributed by atoms with E-state index in [-0.39, 0.29) is 0 Å². The van der Waals surface area contributed by atoms with Gasteiger partial charge < -0.3 is 9.53 Å². The summed E-state index contributed by atoms with van der Waals surface area (Å²) in [5.74, 6) is 2.40. The first kappa shape index (κ1) is 23.4. The van der Waals surface area contributed by atoms with Gasteiger partial charge in [-0.05, 0) is 87.3 Å². The summed E-state index contributed by atoms with van der Waals surface area (Å²) < 4.78 is 7.07. The van der Waals surface area contributed by atoms with Crippen molar-refractivity contribution in [2.45, 2.75) is 130 Å². The second-order valence-electron chi connectivity index (χ2n) is 10.8. The van der Waals surface area contributed by atoms with E-state index in [1.54, 1.807) is 0 Å². The van der Waals surface area contributed by atoms with Gasteiger partial charge in [0, 0.05) is 6.10 Å². The van der Waals surface area contributed by atoms with Crippen molar-refractivity contribution in [3.05, 3.63) is 0 Å². The fraction of sp³-hybridized carbons (Fsp3) is 1.00. The summed E-state index contributed by atoms with van der Waals surface area (Å²) in [5, 5.41) is 10.0. The molecule has 0 bridgehead atoms. The monoisotopic (exact) mass is 396 g/mol. The molecule has 0 spiro atoms. The fourth-order valence-electron chi connectivity index (χ4n) is 6.61. The molecule has 3 heteroatoms. The van der Waals surface area contributed by atoms with E-state index in [2.05, 4.69) is 34.6 Å². The van der Waals surface area contributed by atoms with E-state index in [9.17, 15) is 5.11 Å². The quantitative estimate of drug-likeness (QED) is 0.396. The Balaban J connectivity index is 2.04. The zero-order valence-electron chi connectivity index (χ0n) is 19.4. The van der Waals surface area contributed by atoms with Gasteiger partial charge in [-0.15, -0.1) is 0 Å². The van der Waals surface area contributed by atoms with Gasteiger partial charge in [-0.3, -0.25) is 0 Å². The van der Waals surface area contributed by atoms with Crippen LogP contribution >= 0.6 is 0 Å². The van der Waals surface area contributed by atoms with Gasteiger partial charge in [-0.2, -0.15) is 0 Å². The maximum Gasteiger partial charge on any atom is 0.192 e. The van der Waals surface area contributed by atoms with Gasteiger partial charge in [0.1, 0.15) is 0 Å². The number of rotatable bonds is 10. The third-order valence-electron chi connectivity index (χ3n) is 8.60. The second-order valence-corrected chi connectivity index (χ2v) is 15.5. The molecule has 0 saturated heterocycles. The molecule has 2 aliphatic rings. The average molecular weight is 397 g/mol. The minimum Gasteiger partial charge on any atom is -0.414 e. The molecule has 0 amide bonds. The first-order valence-electron chi connectivity index (χ1n) is 12.0. The van der Waals surface area contributed by atoms with Crippen LogP contribution in [-0.2, 0) is 4.43 Å².